The standard InChI is InChI=1S/C16H16ClN3O4S/c1-9-6-11(7-10(2)14(9)17)24-8-13(21)19-20-16(25)18-15(22)12-4-3-5-23-12/h3-7H,8H2,1-2H3,(H,19,21)(H2,18,20,22,25). The van der Waals surface area contributed by atoms with Gasteiger partial charge in [-0.25, -0.2) is 0 Å². The minimum absolute atomic E-state index is 0.0760. The number of hydrogen-bond donors (Lipinski definition) is 3. The van der Waals surface area contributed by atoms with Crippen LogP contribution in [-0.2, 0) is 4.79 Å². The molecule has 1 aromatic carbocycles. The number of nitrogens with one attached hydrogen (secondary N) is 3. The van der Waals surface area contributed by atoms with E-state index in [0.29, 0.717) is 10.8 Å². The summed E-state index contributed by atoms with van der Waals surface area (Å²) in [5.74, 6) is -0.365. The van der Waals surface area contributed by atoms with Gasteiger partial charge < -0.3 is 9.15 Å². The summed E-state index contributed by atoms with van der Waals surface area (Å²) in [6.07, 6.45) is 1.37. The Bertz CT molecular complexity index is 770. The van der Waals surface area contributed by atoms with Gasteiger partial charge in [-0.3, -0.25) is 25.8 Å². The van der Waals surface area contributed by atoms with Gasteiger partial charge in [0.2, 0.25) is 0 Å². The van der Waals surface area contributed by atoms with Gasteiger partial charge in [-0.2, -0.15) is 0 Å². The van der Waals surface area contributed by atoms with Crippen LogP contribution in [0, 0.1) is 13.8 Å². The Morgan fingerprint density at radius 3 is 2.52 bits per heavy atom. The topological polar surface area (TPSA) is 92.6 Å². The first kappa shape index (κ1) is 18.8. The minimum atomic E-state index is -0.528. The maximum absolute atomic E-state index is 11.8. The second-order valence-electron chi connectivity index (χ2n) is 5.09. The van der Waals surface area contributed by atoms with Crippen LogP contribution in [0.5, 0.6) is 5.75 Å². The van der Waals surface area contributed by atoms with Crippen molar-refractivity contribution in [3.05, 3.63) is 52.4 Å². The molecule has 2 rings (SSSR count). The van der Waals surface area contributed by atoms with E-state index in [4.69, 9.17) is 33.0 Å². The van der Waals surface area contributed by atoms with Crippen molar-refractivity contribution in [2.75, 3.05) is 6.61 Å². The van der Waals surface area contributed by atoms with Crippen LogP contribution in [0.2, 0.25) is 5.02 Å². The molecule has 25 heavy (non-hydrogen) atoms. The summed E-state index contributed by atoms with van der Waals surface area (Å²) in [5, 5.41) is 2.94. The number of carbonyl (C=O) groups excluding carboxylic acids is 2. The summed E-state index contributed by atoms with van der Waals surface area (Å²) < 4.78 is 10.3. The van der Waals surface area contributed by atoms with Crippen molar-refractivity contribution < 1.29 is 18.7 Å². The maximum atomic E-state index is 11.8. The lowest BCUT2D eigenvalue weighted by Crippen LogP contribution is -2.49. The molecule has 2 aromatic rings. The second-order valence-corrected chi connectivity index (χ2v) is 5.88. The Balaban J connectivity index is 1.75. The van der Waals surface area contributed by atoms with Crippen molar-refractivity contribution in [1.82, 2.24) is 16.2 Å². The monoisotopic (exact) mass is 381 g/mol. The first-order valence-corrected chi connectivity index (χ1v) is 7.98. The molecule has 3 N–H and O–H groups in total. The average Bonchev–Trinajstić information content (AvgIpc) is 3.10. The van der Waals surface area contributed by atoms with Crippen LogP contribution in [0.15, 0.2) is 34.9 Å². The fourth-order valence-corrected chi connectivity index (χ4v) is 2.16. The summed E-state index contributed by atoms with van der Waals surface area (Å²) in [7, 11) is 0. The van der Waals surface area contributed by atoms with E-state index in [9.17, 15) is 9.59 Å². The Hall–Kier alpha value is -2.58. The molecule has 0 bridgehead atoms. The second kappa shape index (κ2) is 8.50. The van der Waals surface area contributed by atoms with Crippen molar-refractivity contribution >= 4 is 40.7 Å². The molecule has 0 aliphatic carbocycles. The van der Waals surface area contributed by atoms with E-state index in [1.165, 1.54) is 12.3 Å². The van der Waals surface area contributed by atoms with Gasteiger partial charge in [0.05, 0.1) is 6.26 Å². The fourth-order valence-electron chi connectivity index (χ4n) is 1.90. The summed E-state index contributed by atoms with van der Waals surface area (Å²) in [6.45, 7) is 3.47. The third-order valence-electron chi connectivity index (χ3n) is 3.07. The number of rotatable bonds is 4. The highest BCUT2D eigenvalue weighted by molar-refractivity contribution is 7.80. The number of amides is 2. The summed E-state index contributed by atoms with van der Waals surface area (Å²) >= 11 is 11.0. The number of halogens is 1. The van der Waals surface area contributed by atoms with Crippen LogP contribution >= 0.6 is 23.8 Å². The smallest absolute Gasteiger partial charge is 0.293 e. The van der Waals surface area contributed by atoms with Crippen LogP contribution in [0.1, 0.15) is 21.7 Å². The third kappa shape index (κ3) is 5.47. The molecular formula is C16H16ClN3O4S. The number of aryl methyl sites for hydroxylation is 2. The molecule has 0 radical (unpaired) electrons. The van der Waals surface area contributed by atoms with Gasteiger partial charge in [0.1, 0.15) is 5.75 Å². The van der Waals surface area contributed by atoms with Crippen molar-refractivity contribution in [1.29, 1.82) is 0 Å². The van der Waals surface area contributed by atoms with Gasteiger partial charge in [-0.15, -0.1) is 0 Å². The Kier molecular flexibility index (Phi) is 6.37. The maximum Gasteiger partial charge on any atom is 0.293 e. The number of thiocarbonyl (C=S) groups is 1. The van der Waals surface area contributed by atoms with Crippen LogP contribution in [0.3, 0.4) is 0 Å². The van der Waals surface area contributed by atoms with Crippen molar-refractivity contribution in [3.8, 4) is 5.75 Å². The largest absolute Gasteiger partial charge is 0.484 e. The average molecular weight is 382 g/mol. The molecular weight excluding hydrogens is 366 g/mol. The molecule has 0 fully saturated rings. The zero-order valence-corrected chi connectivity index (χ0v) is 15.1. The number of ether oxygens (including phenoxy) is 1. The van der Waals surface area contributed by atoms with Crippen LogP contribution < -0.4 is 20.9 Å². The van der Waals surface area contributed by atoms with E-state index >= 15 is 0 Å². The molecule has 0 unspecified atom stereocenters. The van der Waals surface area contributed by atoms with Crippen molar-refractivity contribution in [2.45, 2.75) is 13.8 Å². The number of hydrogen-bond acceptors (Lipinski definition) is 5. The highest BCUT2D eigenvalue weighted by Crippen LogP contribution is 2.25. The molecule has 0 atom stereocenters. The van der Waals surface area contributed by atoms with Gasteiger partial charge in [-0.05, 0) is 61.5 Å². The van der Waals surface area contributed by atoms with E-state index in [1.807, 2.05) is 13.8 Å². The zero-order chi connectivity index (χ0) is 18.4. The Morgan fingerprint density at radius 2 is 1.92 bits per heavy atom. The molecule has 132 valence electrons. The molecule has 0 saturated carbocycles. The number of hydrazine groups is 1. The predicted octanol–water partition coefficient (Wildman–Crippen LogP) is 2.26. The quantitative estimate of drug-likeness (QED) is 0.555. The number of carbonyl (C=O) groups is 2. The molecule has 0 aliphatic rings. The van der Waals surface area contributed by atoms with Crippen LogP contribution in [-0.4, -0.2) is 23.5 Å². The summed E-state index contributed by atoms with van der Waals surface area (Å²) in [6, 6.07) is 6.54. The molecule has 0 aliphatic heterocycles. The van der Waals surface area contributed by atoms with E-state index in [1.54, 1.807) is 18.2 Å². The first-order chi connectivity index (χ1) is 11.9. The van der Waals surface area contributed by atoms with E-state index in [-0.39, 0.29) is 17.5 Å². The lowest BCUT2D eigenvalue weighted by atomic mass is 10.1. The first-order valence-electron chi connectivity index (χ1n) is 7.20. The Morgan fingerprint density at radius 1 is 1.24 bits per heavy atom. The molecule has 9 heteroatoms. The number of furan rings is 1. The van der Waals surface area contributed by atoms with Gasteiger partial charge in [-0.1, -0.05) is 11.6 Å². The third-order valence-corrected chi connectivity index (χ3v) is 3.87. The normalized spacial score (nSPS) is 10.0. The van der Waals surface area contributed by atoms with E-state index in [2.05, 4.69) is 16.2 Å². The molecule has 1 aromatic heterocycles. The molecule has 0 spiro atoms. The highest BCUT2D eigenvalue weighted by atomic mass is 35.5. The molecule has 1 heterocycles. The SMILES string of the molecule is Cc1cc(OCC(=O)NNC(=S)NC(=O)c2ccco2)cc(C)c1Cl. The zero-order valence-electron chi connectivity index (χ0n) is 13.5. The van der Waals surface area contributed by atoms with Gasteiger partial charge in [0.15, 0.2) is 17.5 Å². The lowest BCUT2D eigenvalue weighted by Gasteiger charge is -2.12. The fraction of sp³-hybridized carbons (Fsp3) is 0.188. The molecule has 2 amide bonds. The van der Waals surface area contributed by atoms with Crippen LogP contribution in [0.25, 0.3) is 0 Å². The van der Waals surface area contributed by atoms with Crippen LogP contribution in [0.4, 0.5) is 0 Å². The highest BCUT2D eigenvalue weighted by Gasteiger charge is 2.11. The van der Waals surface area contributed by atoms with Crippen molar-refractivity contribution in [2.24, 2.45) is 0 Å². The van der Waals surface area contributed by atoms with E-state index < -0.39 is 11.8 Å². The number of benzene rings is 1. The van der Waals surface area contributed by atoms with Gasteiger partial charge in [0, 0.05) is 5.02 Å². The summed E-state index contributed by atoms with van der Waals surface area (Å²) in [5.41, 5.74) is 6.43. The molecule has 0 saturated heterocycles. The lowest BCUT2D eigenvalue weighted by molar-refractivity contribution is -0.123. The summed E-state index contributed by atoms with van der Waals surface area (Å²) in [4.78, 5) is 23.4. The Labute approximate surface area is 154 Å². The van der Waals surface area contributed by atoms with Crippen molar-refractivity contribution in [3.63, 3.8) is 0 Å². The minimum Gasteiger partial charge on any atom is -0.484 e. The van der Waals surface area contributed by atoms with Gasteiger partial charge in [0.25, 0.3) is 11.8 Å². The molecule has 7 nitrogen and oxygen atoms in total. The van der Waals surface area contributed by atoms with Gasteiger partial charge >= 0.3 is 0 Å². The van der Waals surface area contributed by atoms with E-state index in [0.717, 1.165) is 11.1 Å². The predicted molar refractivity (Wildman–Crippen MR) is 96.5 cm³/mol.